The van der Waals surface area contributed by atoms with Gasteiger partial charge in [-0.2, -0.15) is 0 Å². The Morgan fingerprint density at radius 1 is 1.14 bits per heavy atom. The van der Waals surface area contributed by atoms with Crippen LogP contribution in [0.4, 0.5) is 5.69 Å². The molecule has 1 aliphatic rings. The van der Waals surface area contributed by atoms with Gasteiger partial charge in [0.15, 0.2) is 17.3 Å². The summed E-state index contributed by atoms with van der Waals surface area (Å²) in [6.45, 7) is 6.73. The molecule has 4 rings (SSSR count). The Morgan fingerprint density at radius 3 is 2.54 bits per heavy atom. The van der Waals surface area contributed by atoms with Crippen LogP contribution in [0.15, 0.2) is 36.4 Å². The maximum absolute atomic E-state index is 13.9. The molecule has 2 heterocycles. The van der Waals surface area contributed by atoms with Gasteiger partial charge in [-0.25, -0.2) is 5.10 Å². The molecule has 0 radical (unpaired) electrons. The summed E-state index contributed by atoms with van der Waals surface area (Å²) < 4.78 is 17.8. The molecule has 2 aromatic carbocycles. The van der Waals surface area contributed by atoms with E-state index in [4.69, 9.17) is 25.8 Å². The summed E-state index contributed by atoms with van der Waals surface area (Å²) in [6.07, 6.45) is -1.34. The SMILES string of the molecule is COc1cccc([C@H]2O[C@H](Cc3nnn[nH]3)C(=O)N(CC(C)(C)C)c3ccc(Cl)cc32)c1OC.[NaH]. The van der Waals surface area contributed by atoms with Crippen LogP contribution in [0.1, 0.15) is 43.8 Å². The average Bonchev–Trinajstić information content (AvgIpc) is 3.28. The third-order valence-corrected chi connectivity index (χ3v) is 5.76. The number of carbonyl (C=O) groups is 1. The second-order valence-corrected chi connectivity index (χ2v) is 9.76. The van der Waals surface area contributed by atoms with Gasteiger partial charge in [0.1, 0.15) is 12.2 Å². The average molecular weight is 510 g/mol. The van der Waals surface area contributed by atoms with Crippen molar-refractivity contribution in [1.29, 1.82) is 0 Å². The van der Waals surface area contributed by atoms with E-state index in [2.05, 4.69) is 41.4 Å². The van der Waals surface area contributed by atoms with Crippen molar-refractivity contribution >= 4 is 52.8 Å². The first-order chi connectivity index (χ1) is 16.2. The molecule has 0 unspecified atom stereocenters. The van der Waals surface area contributed by atoms with Gasteiger partial charge in [0, 0.05) is 34.8 Å². The molecule has 2 atom stereocenters. The standard InChI is InChI=1S/C24H28ClN5O4.Na.H/c1-24(2,3)13-30-17-10-9-14(25)11-16(17)21(15-7-6-8-18(32-4)22(15)33-5)34-19(23(30)31)12-20-26-28-29-27-20;;/h6-11,19,21H,12-13H2,1-5H3,(H,26,27,28,29);;/t19-,21-;;/m1../s1. The summed E-state index contributed by atoms with van der Waals surface area (Å²) in [5.41, 5.74) is 2.04. The van der Waals surface area contributed by atoms with Crippen LogP contribution in [-0.2, 0) is 16.0 Å². The number of ether oxygens (including phenoxy) is 3. The van der Waals surface area contributed by atoms with Crippen molar-refractivity contribution in [3.05, 3.63) is 58.4 Å². The summed E-state index contributed by atoms with van der Waals surface area (Å²) in [5.74, 6) is 1.36. The molecule has 182 valence electrons. The molecule has 1 N–H and O–H groups in total. The summed E-state index contributed by atoms with van der Waals surface area (Å²) in [6, 6.07) is 11.0. The second kappa shape index (κ2) is 11.3. The first-order valence-corrected chi connectivity index (χ1v) is 11.3. The van der Waals surface area contributed by atoms with E-state index in [1.807, 2.05) is 30.3 Å². The molecule has 0 fully saturated rings. The number of para-hydroxylation sites is 1. The van der Waals surface area contributed by atoms with E-state index < -0.39 is 12.2 Å². The number of halogens is 1. The normalized spacial score (nSPS) is 17.9. The van der Waals surface area contributed by atoms with Crippen LogP contribution in [-0.4, -0.2) is 83.0 Å². The molecule has 9 nitrogen and oxygen atoms in total. The number of benzene rings is 2. The first-order valence-electron chi connectivity index (χ1n) is 10.9. The van der Waals surface area contributed by atoms with Crippen molar-refractivity contribution in [2.45, 2.75) is 39.4 Å². The monoisotopic (exact) mass is 509 g/mol. The van der Waals surface area contributed by atoms with E-state index in [0.717, 1.165) is 16.8 Å². The Bertz CT molecular complexity index is 1170. The van der Waals surface area contributed by atoms with Crippen LogP contribution in [0.2, 0.25) is 5.02 Å². The van der Waals surface area contributed by atoms with Crippen molar-refractivity contribution in [1.82, 2.24) is 20.6 Å². The summed E-state index contributed by atoms with van der Waals surface area (Å²) in [7, 11) is 3.15. The van der Waals surface area contributed by atoms with Gasteiger partial charge < -0.3 is 19.1 Å². The molecule has 1 amide bonds. The number of fused-ring (bicyclic) bond motifs is 1. The van der Waals surface area contributed by atoms with Gasteiger partial charge in [-0.1, -0.05) is 44.5 Å². The number of anilines is 1. The molecule has 35 heavy (non-hydrogen) atoms. The third kappa shape index (κ3) is 5.98. The number of hydrogen-bond donors (Lipinski definition) is 1. The quantitative estimate of drug-likeness (QED) is 0.508. The van der Waals surface area contributed by atoms with Crippen LogP contribution in [0.25, 0.3) is 0 Å². The van der Waals surface area contributed by atoms with Gasteiger partial charge in [-0.3, -0.25) is 4.79 Å². The van der Waals surface area contributed by atoms with Crippen molar-refractivity contribution in [3.63, 3.8) is 0 Å². The summed E-state index contributed by atoms with van der Waals surface area (Å²) >= 11 is 6.44. The van der Waals surface area contributed by atoms with E-state index in [9.17, 15) is 4.79 Å². The number of carbonyl (C=O) groups excluding carboxylic acids is 1. The molecule has 11 heteroatoms. The molecular weight excluding hydrogens is 481 g/mol. The molecule has 0 spiro atoms. The molecule has 3 aromatic rings. The number of nitrogens with one attached hydrogen (secondary N) is 1. The predicted octanol–water partition coefficient (Wildman–Crippen LogP) is 3.33. The van der Waals surface area contributed by atoms with E-state index in [0.29, 0.717) is 28.9 Å². The van der Waals surface area contributed by atoms with E-state index in [1.54, 1.807) is 25.2 Å². The van der Waals surface area contributed by atoms with Crippen LogP contribution in [0.3, 0.4) is 0 Å². The molecule has 0 saturated carbocycles. The number of amides is 1. The van der Waals surface area contributed by atoms with Gasteiger partial charge >= 0.3 is 29.6 Å². The van der Waals surface area contributed by atoms with E-state index in [1.165, 1.54) is 0 Å². The minimum absolute atomic E-state index is 0. The second-order valence-electron chi connectivity index (χ2n) is 9.33. The Hall–Kier alpha value is -2.17. The Labute approximate surface area is 231 Å². The first kappa shape index (κ1) is 27.4. The molecular formula is C24H29ClN5NaO4. The van der Waals surface area contributed by atoms with Crippen LogP contribution in [0.5, 0.6) is 11.5 Å². The zero-order chi connectivity index (χ0) is 24.5. The van der Waals surface area contributed by atoms with Gasteiger partial charge in [-0.05, 0) is 40.1 Å². The number of aromatic nitrogens is 4. The molecule has 0 aliphatic carbocycles. The summed E-state index contributed by atoms with van der Waals surface area (Å²) in [5, 5.41) is 14.5. The number of aromatic amines is 1. The fourth-order valence-corrected chi connectivity index (χ4v) is 4.32. The van der Waals surface area contributed by atoms with Crippen molar-refractivity contribution in [2.24, 2.45) is 5.41 Å². The molecule has 1 aromatic heterocycles. The zero-order valence-corrected chi connectivity index (χ0v) is 20.6. The van der Waals surface area contributed by atoms with Crippen LogP contribution in [0, 0.1) is 5.41 Å². The Morgan fingerprint density at radius 2 is 1.91 bits per heavy atom. The predicted molar refractivity (Wildman–Crippen MR) is 135 cm³/mol. The van der Waals surface area contributed by atoms with Crippen molar-refractivity contribution in [3.8, 4) is 11.5 Å². The number of nitrogens with zero attached hydrogens (tertiary/aromatic N) is 4. The van der Waals surface area contributed by atoms with Gasteiger partial charge in [0.2, 0.25) is 0 Å². The summed E-state index contributed by atoms with van der Waals surface area (Å²) in [4.78, 5) is 15.7. The minimum atomic E-state index is -0.857. The number of H-pyrrole nitrogens is 1. The fraction of sp³-hybridized carbons (Fsp3) is 0.417. The van der Waals surface area contributed by atoms with Crippen molar-refractivity contribution in [2.75, 3.05) is 25.7 Å². The number of rotatable bonds is 6. The van der Waals surface area contributed by atoms with Crippen molar-refractivity contribution < 1.29 is 19.0 Å². The van der Waals surface area contributed by atoms with Gasteiger partial charge in [0.05, 0.1) is 14.2 Å². The topological polar surface area (TPSA) is 102 Å². The van der Waals surface area contributed by atoms with E-state index >= 15 is 0 Å². The number of hydrogen-bond acceptors (Lipinski definition) is 7. The fourth-order valence-electron chi connectivity index (χ4n) is 4.14. The number of tetrazole rings is 1. The molecule has 1 aliphatic heterocycles. The Kier molecular flexibility index (Phi) is 8.82. The van der Waals surface area contributed by atoms with E-state index in [-0.39, 0.29) is 47.3 Å². The third-order valence-electron chi connectivity index (χ3n) is 5.52. The van der Waals surface area contributed by atoms with Gasteiger partial charge in [-0.15, -0.1) is 5.10 Å². The van der Waals surface area contributed by atoms with Crippen LogP contribution < -0.4 is 14.4 Å². The Balaban J connectivity index is 0.00000342. The zero-order valence-electron chi connectivity index (χ0n) is 19.8. The van der Waals surface area contributed by atoms with Gasteiger partial charge in [0.25, 0.3) is 5.91 Å². The van der Waals surface area contributed by atoms with Crippen LogP contribution >= 0.6 is 11.6 Å². The number of methoxy groups -OCH3 is 2. The molecule has 0 saturated heterocycles. The maximum atomic E-state index is 13.9. The molecule has 0 bridgehead atoms.